The minimum absolute atomic E-state index is 0.0143. The number of nitrogens with zero attached hydrogens (tertiary/aromatic N) is 2. The number of carbonyl (C=O) groups is 2. The Balaban J connectivity index is 1.56. The molecule has 2 aromatic rings. The van der Waals surface area contributed by atoms with Gasteiger partial charge in [0.1, 0.15) is 0 Å². The molecule has 0 aromatic heterocycles. The normalized spacial score (nSPS) is 15.7. The molecule has 0 unspecified atom stereocenters. The lowest BCUT2D eigenvalue weighted by atomic mass is 10.0. The van der Waals surface area contributed by atoms with Gasteiger partial charge in [-0.2, -0.15) is 0 Å². The predicted octanol–water partition coefficient (Wildman–Crippen LogP) is 3.84. The van der Waals surface area contributed by atoms with Gasteiger partial charge in [-0.05, 0) is 62.4 Å². The maximum Gasteiger partial charge on any atom is 0.272 e. The topological polar surface area (TPSA) is 92.6 Å². The maximum absolute atomic E-state index is 12.6. The number of carbonyl (C=O) groups excluding carboxylic acids is 2. The lowest BCUT2D eigenvalue weighted by molar-refractivity contribution is -0.385. The fraction of sp³-hybridized carbons (Fsp3) is 0.333. The van der Waals surface area contributed by atoms with Crippen molar-refractivity contribution in [1.29, 1.82) is 0 Å². The Kier molecular flexibility index (Phi) is 4.58. The highest BCUT2D eigenvalue weighted by Gasteiger charge is 2.35. The highest BCUT2D eigenvalue weighted by molar-refractivity contribution is 6.05. The third kappa shape index (κ3) is 3.47. The van der Waals surface area contributed by atoms with E-state index in [2.05, 4.69) is 5.32 Å². The Morgan fingerprint density at radius 3 is 2.64 bits per heavy atom. The highest BCUT2D eigenvalue weighted by Crippen LogP contribution is 2.37. The van der Waals surface area contributed by atoms with Gasteiger partial charge in [0, 0.05) is 41.0 Å². The van der Waals surface area contributed by atoms with Gasteiger partial charge in [-0.1, -0.05) is 6.07 Å². The first-order valence-corrected chi connectivity index (χ1v) is 9.45. The van der Waals surface area contributed by atoms with Gasteiger partial charge in [-0.15, -0.1) is 0 Å². The molecule has 7 nitrogen and oxygen atoms in total. The quantitative estimate of drug-likeness (QED) is 0.645. The Hall–Kier alpha value is -3.22. The molecule has 1 aliphatic carbocycles. The van der Waals surface area contributed by atoms with E-state index in [1.165, 1.54) is 18.2 Å². The summed E-state index contributed by atoms with van der Waals surface area (Å²) in [5.41, 5.74) is 3.37. The van der Waals surface area contributed by atoms with Crippen LogP contribution >= 0.6 is 0 Å². The Labute approximate surface area is 162 Å². The zero-order chi connectivity index (χ0) is 19.8. The van der Waals surface area contributed by atoms with Gasteiger partial charge in [0.05, 0.1) is 4.92 Å². The summed E-state index contributed by atoms with van der Waals surface area (Å²) in [6, 6.07) is 9.94. The van der Waals surface area contributed by atoms with Crippen LogP contribution in [0.4, 0.5) is 17.1 Å². The summed E-state index contributed by atoms with van der Waals surface area (Å²) in [6.45, 7) is 2.32. The number of nitro groups is 1. The largest absolute Gasteiger partial charge is 0.322 e. The van der Waals surface area contributed by atoms with Crippen LogP contribution in [-0.2, 0) is 11.2 Å². The maximum atomic E-state index is 12.6. The van der Waals surface area contributed by atoms with Crippen molar-refractivity contribution in [2.75, 3.05) is 16.8 Å². The van der Waals surface area contributed by atoms with E-state index >= 15 is 0 Å². The summed E-state index contributed by atoms with van der Waals surface area (Å²) in [7, 11) is 0. The standard InChI is InChI=1S/C21H21N3O4/c1-13-11-16(7-9-18(13)24(27)28)20(25)22-17-8-6-14-3-2-10-23(19(14)12-17)21(26)15-4-5-15/h6-9,11-12,15H,2-5,10H2,1H3,(H,22,25). The van der Waals surface area contributed by atoms with Crippen molar-refractivity contribution in [2.45, 2.75) is 32.6 Å². The number of hydrogen-bond donors (Lipinski definition) is 1. The molecule has 1 N–H and O–H groups in total. The molecule has 2 aromatic carbocycles. The number of amides is 2. The number of fused-ring (bicyclic) bond motifs is 1. The molecule has 1 aliphatic heterocycles. The molecule has 7 heteroatoms. The van der Waals surface area contributed by atoms with Gasteiger partial charge in [0.15, 0.2) is 0 Å². The zero-order valence-corrected chi connectivity index (χ0v) is 15.6. The predicted molar refractivity (Wildman–Crippen MR) is 106 cm³/mol. The number of rotatable bonds is 4. The monoisotopic (exact) mass is 379 g/mol. The average molecular weight is 379 g/mol. The van der Waals surface area contributed by atoms with Gasteiger partial charge in [0.25, 0.3) is 11.6 Å². The molecule has 0 spiro atoms. The molecule has 1 fully saturated rings. The van der Waals surface area contributed by atoms with E-state index < -0.39 is 4.92 Å². The zero-order valence-electron chi connectivity index (χ0n) is 15.6. The van der Waals surface area contributed by atoms with E-state index in [9.17, 15) is 19.7 Å². The summed E-state index contributed by atoms with van der Waals surface area (Å²) in [5, 5.41) is 13.8. The highest BCUT2D eigenvalue weighted by atomic mass is 16.6. The summed E-state index contributed by atoms with van der Waals surface area (Å²) in [5.74, 6) is -0.0171. The van der Waals surface area contributed by atoms with E-state index in [0.717, 1.165) is 36.9 Å². The molecule has 144 valence electrons. The van der Waals surface area contributed by atoms with Crippen molar-refractivity contribution in [3.05, 3.63) is 63.2 Å². The third-order valence-corrected chi connectivity index (χ3v) is 5.31. The molecule has 1 heterocycles. The van der Waals surface area contributed by atoms with Gasteiger partial charge in [-0.3, -0.25) is 19.7 Å². The molecule has 0 bridgehead atoms. The van der Waals surface area contributed by atoms with Crippen LogP contribution in [0.25, 0.3) is 0 Å². The van der Waals surface area contributed by atoms with Crippen LogP contribution < -0.4 is 10.2 Å². The van der Waals surface area contributed by atoms with Crippen LogP contribution in [0.2, 0.25) is 0 Å². The molecule has 28 heavy (non-hydrogen) atoms. The summed E-state index contributed by atoms with van der Waals surface area (Å²) in [4.78, 5) is 37.5. The Morgan fingerprint density at radius 2 is 1.96 bits per heavy atom. The van der Waals surface area contributed by atoms with Gasteiger partial charge in [0.2, 0.25) is 5.91 Å². The molecule has 0 radical (unpaired) electrons. The van der Waals surface area contributed by atoms with Crippen LogP contribution in [0.5, 0.6) is 0 Å². The van der Waals surface area contributed by atoms with E-state index in [-0.39, 0.29) is 23.4 Å². The molecule has 2 aliphatic rings. The second-order valence-electron chi connectivity index (χ2n) is 7.42. The van der Waals surface area contributed by atoms with Gasteiger partial charge in [-0.25, -0.2) is 0 Å². The van der Waals surface area contributed by atoms with Gasteiger partial charge >= 0.3 is 0 Å². The minimum Gasteiger partial charge on any atom is -0.322 e. The molecule has 1 saturated carbocycles. The van der Waals surface area contributed by atoms with Gasteiger partial charge < -0.3 is 10.2 Å². The molecular weight excluding hydrogens is 358 g/mol. The van der Waals surface area contributed by atoms with Crippen LogP contribution in [0, 0.1) is 23.0 Å². The van der Waals surface area contributed by atoms with Crippen molar-refractivity contribution >= 4 is 28.9 Å². The Morgan fingerprint density at radius 1 is 1.18 bits per heavy atom. The van der Waals surface area contributed by atoms with Crippen molar-refractivity contribution in [1.82, 2.24) is 0 Å². The van der Waals surface area contributed by atoms with Crippen molar-refractivity contribution < 1.29 is 14.5 Å². The number of nitro benzene ring substituents is 1. The second kappa shape index (κ2) is 7.07. The summed E-state index contributed by atoms with van der Waals surface area (Å²) < 4.78 is 0. The first kappa shape index (κ1) is 18.2. The second-order valence-corrected chi connectivity index (χ2v) is 7.42. The first-order chi connectivity index (χ1) is 13.4. The lowest BCUT2D eigenvalue weighted by Crippen LogP contribution is -2.36. The number of nitrogens with one attached hydrogen (secondary N) is 1. The van der Waals surface area contributed by atoms with Crippen LogP contribution in [0.3, 0.4) is 0 Å². The smallest absolute Gasteiger partial charge is 0.272 e. The van der Waals surface area contributed by atoms with E-state index in [1.54, 1.807) is 6.92 Å². The van der Waals surface area contributed by atoms with Crippen LogP contribution in [-0.4, -0.2) is 23.3 Å². The van der Waals surface area contributed by atoms with Crippen molar-refractivity contribution in [3.63, 3.8) is 0 Å². The van der Waals surface area contributed by atoms with Crippen molar-refractivity contribution in [3.8, 4) is 0 Å². The molecule has 2 amide bonds. The van der Waals surface area contributed by atoms with Crippen LogP contribution in [0.15, 0.2) is 36.4 Å². The van der Waals surface area contributed by atoms with E-state index in [4.69, 9.17) is 0 Å². The fourth-order valence-electron chi connectivity index (χ4n) is 3.64. The molecule has 0 atom stereocenters. The fourth-order valence-corrected chi connectivity index (χ4v) is 3.64. The molecule has 0 saturated heterocycles. The number of hydrogen-bond acceptors (Lipinski definition) is 4. The van der Waals surface area contributed by atoms with E-state index in [0.29, 0.717) is 23.4 Å². The molecular formula is C21H21N3O4. The molecule has 4 rings (SSSR count). The lowest BCUT2D eigenvalue weighted by Gasteiger charge is -2.30. The first-order valence-electron chi connectivity index (χ1n) is 9.45. The number of anilines is 2. The average Bonchev–Trinajstić information content (AvgIpc) is 3.51. The van der Waals surface area contributed by atoms with Crippen LogP contribution in [0.1, 0.15) is 40.7 Å². The summed E-state index contributed by atoms with van der Waals surface area (Å²) >= 11 is 0. The minimum atomic E-state index is -0.466. The van der Waals surface area contributed by atoms with E-state index in [1.807, 2.05) is 23.1 Å². The number of benzene rings is 2. The number of aryl methyl sites for hydroxylation is 2. The SMILES string of the molecule is Cc1cc(C(=O)Nc2ccc3c(c2)N(C(=O)C2CC2)CCC3)ccc1[N+](=O)[O-]. The van der Waals surface area contributed by atoms with Crippen molar-refractivity contribution in [2.24, 2.45) is 5.92 Å². The third-order valence-electron chi connectivity index (χ3n) is 5.31. The Bertz CT molecular complexity index is 982. The summed E-state index contributed by atoms with van der Waals surface area (Å²) in [6.07, 6.45) is 3.78.